The van der Waals surface area contributed by atoms with E-state index >= 15 is 0 Å². The molecule has 2 heterocycles. The Bertz CT molecular complexity index is 537. The fourth-order valence-electron chi connectivity index (χ4n) is 4.36. The van der Waals surface area contributed by atoms with Gasteiger partial charge in [-0.25, -0.2) is 0 Å². The summed E-state index contributed by atoms with van der Waals surface area (Å²) in [6.45, 7) is 4.73. The molecule has 1 N–H and O–H groups in total. The van der Waals surface area contributed by atoms with Gasteiger partial charge in [0.1, 0.15) is 5.60 Å². The molecule has 2 saturated heterocycles. The lowest BCUT2D eigenvalue weighted by Crippen LogP contribution is -2.66. The highest BCUT2D eigenvalue weighted by atomic mass is 16.5. The van der Waals surface area contributed by atoms with Gasteiger partial charge in [0.25, 0.3) is 0 Å². The normalized spacial score (nSPS) is 29.8. The molecule has 3 fully saturated rings. The molecular weight excluding hydrogens is 338 g/mol. The van der Waals surface area contributed by atoms with Gasteiger partial charge in [-0.3, -0.25) is 19.4 Å². The molecule has 0 aromatic rings. The Morgan fingerprint density at radius 2 is 1.92 bits per heavy atom. The summed E-state index contributed by atoms with van der Waals surface area (Å²) in [5, 5.41) is 9.35. The van der Waals surface area contributed by atoms with E-state index < -0.39 is 11.6 Å². The van der Waals surface area contributed by atoms with Crippen molar-refractivity contribution >= 4 is 11.9 Å². The number of carbonyl (C=O) groups is 2. The predicted octanol–water partition coefficient (Wildman–Crippen LogP) is -0.125. The molecule has 1 amide bonds. The third-order valence-electron chi connectivity index (χ3n) is 5.97. The minimum atomic E-state index is -0.736. The number of nitrogens with zero attached hydrogens (tertiary/aromatic N) is 3. The lowest BCUT2D eigenvalue weighted by molar-refractivity contribution is -0.177. The van der Waals surface area contributed by atoms with Crippen LogP contribution in [-0.2, 0) is 19.1 Å². The molecule has 0 aromatic carbocycles. The fourth-order valence-corrected chi connectivity index (χ4v) is 4.36. The Hall–Kier alpha value is -1.22. The molecule has 1 unspecified atom stereocenters. The van der Waals surface area contributed by atoms with Crippen LogP contribution in [0.1, 0.15) is 25.7 Å². The third-order valence-corrected chi connectivity index (χ3v) is 5.97. The number of ether oxygens (including phenoxy) is 2. The van der Waals surface area contributed by atoms with Gasteiger partial charge in [0, 0.05) is 45.8 Å². The zero-order valence-electron chi connectivity index (χ0n) is 15.9. The maximum Gasteiger partial charge on any atom is 0.305 e. The second kappa shape index (κ2) is 7.80. The van der Waals surface area contributed by atoms with Crippen molar-refractivity contribution in [1.82, 2.24) is 14.7 Å². The second-order valence-corrected chi connectivity index (χ2v) is 8.15. The van der Waals surface area contributed by atoms with Gasteiger partial charge in [0.05, 0.1) is 32.8 Å². The largest absolute Gasteiger partial charge is 0.481 e. The lowest BCUT2D eigenvalue weighted by atomic mass is 9.72. The number of likely N-dealkylation sites (N-methyl/N-ethyl adjacent to an activating group) is 1. The Morgan fingerprint density at radius 3 is 2.54 bits per heavy atom. The maximum atomic E-state index is 12.1. The van der Waals surface area contributed by atoms with Gasteiger partial charge < -0.3 is 19.5 Å². The standard InChI is InChI=1S/C18H31N3O5/c1-19(2)15(22)11-20-6-8-25-14-18(12-20)13-21(7-9-26-18)17(4-3-5-17)10-16(23)24/h3-14H2,1-2H3,(H,23,24). The molecule has 1 atom stereocenters. The third kappa shape index (κ3) is 4.19. The first-order valence-electron chi connectivity index (χ1n) is 9.45. The molecule has 148 valence electrons. The van der Waals surface area contributed by atoms with Gasteiger partial charge in [0.2, 0.25) is 5.91 Å². The summed E-state index contributed by atoms with van der Waals surface area (Å²) in [6, 6.07) is 0. The minimum absolute atomic E-state index is 0.0658. The van der Waals surface area contributed by atoms with Crippen molar-refractivity contribution in [3.8, 4) is 0 Å². The van der Waals surface area contributed by atoms with Crippen LogP contribution in [0.3, 0.4) is 0 Å². The van der Waals surface area contributed by atoms with E-state index in [0.717, 1.165) is 25.8 Å². The van der Waals surface area contributed by atoms with Crippen LogP contribution in [0.2, 0.25) is 0 Å². The molecular formula is C18H31N3O5. The predicted molar refractivity (Wildman–Crippen MR) is 95.0 cm³/mol. The monoisotopic (exact) mass is 369 g/mol. The molecule has 26 heavy (non-hydrogen) atoms. The first kappa shape index (κ1) is 19.5. The van der Waals surface area contributed by atoms with Crippen molar-refractivity contribution in [2.75, 3.05) is 66.6 Å². The number of amides is 1. The number of rotatable bonds is 5. The summed E-state index contributed by atoms with van der Waals surface area (Å²) in [4.78, 5) is 29.5. The topological polar surface area (TPSA) is 82.6 Å². The Labute approximate surface area is 155 Å². The highest BCUT2D eigenvalue weighted by Gasteiger charge is 2.50. The zero-order chi connectivity index (χ0) is 18.8. The van der Waals surface area contributed by atoms with Crippen LogP contribution in [-0.4, -0.2) is 109 Å². The zero-order valence-corrected chi connectivity index (χ0v) is 15.9. The average molecular weight is 369 g/mol. The van der Waals surface area contributed by atoms with Crippen LogP contribution in [0, 0.1) is 0 Å². The summed E-state index contributed by atoms with van der Waals surface area (Å²) in [5.41, 5.74) is -0.734. The van der Waals surface area contributed by atoms with Crippen molar-refractivity contribution < 1.29 is 24.2 Å². The Morgan fingerprint density at radius 1 is 1.15 bits per heavy atom. The van der Waals surface area contributed by atoms with Crippen LogP contribution >= 0.6 is 0 Å². The van der Waals surface area contributed by atoms with Gasteiger partial charge in [-0.15, -0.1) is 0 Å². The van der Waals surface area contributed by atoms with Crippen molar-refractivity contribution in [2.24, 2.45) is 0 Å². The molecule has 1 aliphatic carbocycles. The second-order valence-electron chi connectivity index (χ2n) is 8.15. The van der Waals surface area contributed by atoms with Gasteiger partial charge in [-0.05, 0) is 19.3 Å². The van der Waals surface area contributed by atoms with E-state index in [0.29, 0.717) is 46.0 Å². The SMILES string of the molecule is CN(C)C(=O)CN1CCOCC2(C1)CN(C1(CC(=O)O)CCC1)CCO2. The maximum absolute atomic E-state index is 12.1. The summed E-state index contributed by atoms with van der Waals surface area (Å²) < 4.78 is 12.0. The van der Waals surface area contributed by atoms with E-state index in [1.807, 2.05) is 0 Å². The van der Waals surface area contributed by atoms with Gasteiger partial charge >= 0.3 is 5.97 Å². The van der Waals surface area contributed by atoms with E-state index in [2.05, 4.69) is 9.80 Å². The quantitative estimate of drug-likeness (QED) is 0.723. The number of aliphatic carboxylic acids is 1. The first-order chi connectivity index (χ1) is 12.3. The summed E-state index contributed by atoms with van der Waals surface area (Å²) in [6.07, 6.45) is 3.13. The van der Waals surface area contributed by atoms with E-state index in [1.54, 1.807) is 19.0 Å². The van der Waals surface area contributed by atoms with Gasteiger partial charge in [-0.1, -0.05) is 0 Å². The lowest BCUT2D eigenvalue weighted by Gasteiger charge is -2.55. The number of carbonyl (C=O) groups excluding carboxylic acids is 1. The molecule has 1 spiro atoms. The van der Waals surface area contributed by atoms with Crippen molar-refractivity contribution in [3.63, 3.8) is 0 Å². The van der Waals surface area contributed by atoms with Crippen molar-refractivity contribution in [2.45, 2.75) is 36.8 Å². The summed E-state index contributed by atoms with van der Waals surface area (Å²) in [5.74, 6) is -0.670. The number of morpholine rings is 1. The smallest absolute Gasteiger partial charge is 0.305 e. The van der Waals surface area contributed by atoms with Crippen LogP contribution in [0.15, 0.2) is 0 Å². The molecule has 0 aromatic heterocycles. The van der Waals surface area contributed by atoms with Crippen LogP contribution in [0.5, 0.6) is 0 Å². The van der Waals surface area contributed by atoms with Crippen molar-refractivity contribution in [1.29, 1.82) is 0 Å². The fraction of sp³-hybridized carbons (Fsp3) is 0.889. The molecule has 1 saturated carbocycles. The molecule has 2 aliphatic heterocycles. The molecule has 8 heteroatoms. The molecule has 3 rings (SSSR count). The summed E-state index contributed by atoms with van der Waals surface area (Å²) in [7, 11) is 3.52. The minimum Gasteiger partial charge on any atom is -0.481 e. The van der Waals surface area contributed by atoms with E-state index in [1.165, 1.54) is 0 Å². The van der Waals surface area contributed by atoms with E-state index in [9.17, 15) is 14.7 Å². The van der Waals surface area contributed by atoms with Crippen molar-refractivity contribution in [3.05, 3.63) is 0 Å². The molecule has 0 bridgehead atoms. The highest BCUT2D eigenvalue weighted by molar-refractivity contribution is 5.77. The number of carboxylic acid groups (broad SMARTS) is 1. The Kier molecular flexibility index (Phi) is 5.86. The number of hydrogen-bond acceptors (Lipinski definition) is 6. The van der Waals surface area contributed by atoms with Crippen LogP contribution in [0.25, 0.3) is 0 Å². The number of hydrogen-bond donors (Lipinski definition) is 1. The Balaban J connectivity index is 1.71. The molecule has 3 aliphatic rings. The molecule has 8 nitrogen and oxygen atoms in total. The molecule has 0 radical (unpaired) electrons. The van der Waals surface area contributed by atoms with Gasteiger partial charge in [-0.2, -0.15) is 0 Å². The van der Waals surface area contributed by atoms with Gasteiger partial charge in [0.15, 0.2) is 0 Å². The van der Waals surface area contributed by atoms with E-state index in [-0.39, 0.29) is 17.9 Å². The van der Waals surface area contributed by atoms with E-state index in [4.69, 9.17) is 9.47 Å². The first-order valence-corrected chi connectivity index (χ1v) is 9.45. The van der Waals surface area contributed by atoms with Crippen LogP contribution in [0.4, 0.5) is 0 Å². The van der Waals surface area contributed by atoms with Crippen LogP contribution < -0.4 is 0 Å². The average Bonchev–Trinajstić information content (AvgIpc) is 2.73. The summed E-state index contributed by atoms with van der Waals surface area (Å²) >= 11 is 0. The number of carboxylic acids is 1. The highest BCUT2D eigenvalue weighted by Crippen LogP contribution is 2.42.